The van der Waals surface area contributed by atoms with Crippen molar-refractivity contribution in [2.75, 3.05) is 13.1 Å². The van der Waals surface area contributed by atoms with E-state index in [4.69, 9.17) is 0 Å². The van der Waals surface area contributed by atoms with Gasteiger partial charge in [-0.15, -0.1) is 0 Å². The van der Waals surface area contributed by atoms with Crippen LogP contribution in [0.2, 0.25) is 0 Å². The van der Waals surface area contributed by atoms with E-state index in [0.717, 1.165) is 36.8 Å². The predicted molar refractivity (Wildman–Crippen MR) is 112 cm³/mol. The zero-order valence-corrected chi connectivity index (χ0v) is 18.5. The Kier molecular flexibility index (Phi) is 6.50. The highest BCUT2D eigenvalue weighted by Crippen LogP contribution is 2.34. The van der Waals surface area contributed by atoms with E-state index in [-0.39, 0.29) is 11.8 Å². The molecule has 1 saturated heterocycles. The first-order valence-corrected chi connectivity index (χ1v) is 12.1. The third kappa shape index (κ3) is 4.28. The number of carbonyl (C=O) groups excluding carboxylic acids is 1. The molecule has 156 valence electrons. The van der Waals surface area contributed by atoms with E-state index in [2.05, 4.69) is 18.7 Å². The molecule has 0 unspecified atom stereocenters. The fraction of sp³-hybridized carbons (Fsp3) is 0.682. The number of aryl methyl sites for hydroxylation is 2. The van der Waals surface area contributed by atoms with Gasteiger partial charge in [0.1, 0.15) is 0 Å². The minimum atomic E-state index is -3.49. The molecule has 0 N–H and O–H groups in total. The Labute approximate surface area is 170 Å². The molecule has 0 bridgehead atoms. The minimum Gasteiger partial charge on any atom is -0.337 e. The second-order valence-corrected chi connectivity index (χ2v) is 10.3. The summed E-state index contributed by atoms with van der Waals surface area (Å²) in [6.45, 7) is 9.06. The lowest BCUT2D eigenvalue weighted by molar-refractivity contribution is -0.140. The number of rotatable bonds is 7. The first-order valence-electron chi connectivity index (χ1n) is 10.7. The average molecular weight is 407 g/mol. The number of piperidine rings is 1. The van der Waals surface area contributed by atoms with E-state index in [0.29, 0.717) is 42.9 Å². The summed E-state index contributed by atoms with van der Waals surface area (Å²) in [7, 11) is -3.49. The molecule has 5 nitrogen and oxygen atoms in total. The van der Waals surface area contributed by atoms with E-state index in [1.54, 1.807) is 16.4 Å². The van der Waals surface area contributed by atoms with Crippen molar-refractivity contribution in [3.8, 4) is 0 Å². The lowest BCUT2D eigenvalue weighted by Crippen LogP contribution is -2.48. The molecule has 3 rings (SSSR count). The summed E-state index contributed by atoms with van der Waals surface area (Å²) in [5.41, 5.74) is 2.07. The van der Waals surface area contributed by atoms with Crippen molar-refractivity contribution in [3.63, 3.8) is 0 Å². The maximum absolute atomic E-state index is 13.2. The topological polar surface area (TPSA) is 57.7 Å². The van der Waals surface area contributed by atoms with Crippen LogP contribution < -0.4 is 0 Å². The van der Waals surface area contributed by atoms with Crippen molar-refractivity contribution >= 4 is 15.9 Å². The summed E-state index contributed by atoms with van der Waals surface area (Å²) >= 11 is 0. The molecule has 0 radical (unpaired) electrons. The van der Waals surface area contributed by atoms with Crippen LogP contribution in [0.3, 0.4) is 0 Å². The monoisotopic (exact) mass is 406 g/mol. The molecule has 1 heterocycles. The van der Waals surface area contributed by atoms with Crippen LogP contribution in [0.15, 0.2) is 23.1 Å². The molecule has 2 fully saturated rings. The summed E-state index contributed by atoms with van der Waals surface area (Å²) in [6.07, 6.45) is 5.43. The Balaban J connectivity index is 1.68. The van der Waals surface area contributed by atoms with E-state index >= 15 is 0 Å². The summed E-state index contributed by atoms with van der Waals surface area (Å²) in [5.74, 6) is 0.201. The Morgan fingerprint density at radius 1 is 1.07 bits per heavy atom. The lowest BCUT2D eigenvalue weighted by Gasteiger charge is -2.37. The number of sulfonamides is 1. The zero-order chi connectivity index (χ0) is 20.5. The first-order chi connectivity index (χ1) is 13.3. The first kappa shape index (κ1) is 21.3. The van der Waals surface area contributed by atoms with Crippen LogP contribution in [0.25, 0.3) is 0 Å². The maximum Gasteiger partial charge on any atom is 0.243 e. The molecule has 1 aliphatic heterocycles. The summed E-state index contributed by atoms with van der Waals surface area (Å²) in [4.78, 5) is 15.7. The van der Waals surface area contributed by atoms with E-state index in [1.165, 1.54) is 0 Å². The fourth-order valence-corrected chi connectivity index (χ4v) is 5.83. The van der Waals surface area contributed by atoms with Crippen molar-refractivity contribution < 1.29 is 13.2 Å². The van der Waals surface area contributed by atoms with Crippen LogP contribution in [0, 0.1) is 19.8 Å². The molecule has 1 amide bonds. The fourth-order valence-electron chi connectivity index (χ4n) is 4.27. The highest BCUT2D eigenvalue weighted by molar-refractivity contribution is 7.89. The van der Waals surface area contributed by atoms with Crippen molar-refractivity contribution in [2.24, 2.45) is 5.92 Å². The van der Waals surface area contributed by atoms with E-state index < -0.39 is 10.0 Å². The van der Waals surface area contributed by atoms with Gasteiger partial charge < -0.3 is 4.90 Å². The predicted octanol–water partition coefficient (Wildman–Crippen LogP) is 3.88. The van der Waals surface area contributed by atoms with Crippen molar-refractivity contribution in [2.45, 2.75) is 83.2 Å². The number of hydrogen-bond acceptors (Lipinski definition) is 3. The quantitative estimate of drug-likeness (QED) is 0.690. The van der Waals surface area contributed by atoms with Gasteiger partial charge in [0.05, 0.1) is 4.90 Å². The number of benzene rings is 1. The van der Waals surface area contributed by atoms with Gasteiger partial charge in [0.25, 0.3) is 0 Å². The Bertz CT molecular complexity index is 805. The standard InChI is InChI=1S/C22H34N2O3S/c1-5-19(6-2)24(20-8-9-20)22(25)18-11-13-23(14-12-18)28(26,27)21-10-7-16(3)17(4)15-21/h7,10,15,18-20H,5-6,8-9,11-14H2,1-4H3. The maximum atomic E-state index is 13.2. The van der Waals surface area contributed by atoms with E-state index in [9.17, 15) is 13.2 Å². The van der Waals surface area contributed by atoms with Crippen LogP contribution in [0.1, 0.15) is 63.5 Å². The van der Waals surface area contributed by atoms with Crippen LogP contribution in [-0.2, 0) is 14.8 Å². The zero-order valence-electron chi connectivity index (χ0n) is 17.6. The van der Waals surface area contributed by atoms with Gasteiger partial charge in [-0.25, -0.2) is 8.42 Å². The lowest BCUT2D eigenvalue weighted by atomic mass is 9.95. The average Bonchev–Trinajstić information content (AvgIpc) is 3.52. The normalized spacial score (nSPS) is 19.2. The number of hydrogen-bond donors (Lipinski definition) is 0. The van der Waals surface area contributed by atoms with E-state index in [1.807, 2.05) is 19.9 Å². The van der Waals surface area contributed by atoms with Gasteiger partial charge in [0.15, 0.2) is 0 Å². The third-order valence-electron chi connectivity index (χ3n) is 6.45. The molecule has 1 aromatic rings. The molecule has 1 aliphatic carbocycles. The second kappa shape index (κ2) is 8.54. The van der Waals surface area contributed by atoms with Gasteiger partial charge in [-0.05, 0) is 75.6 Å². The van der Waals surface area contributed by atoms with Crippen molar-refractivity contribution in [1.29, 1.82) is 0 Å². The largest absolute Gasteiger partial charge is 0.337 e. The van der Waals surface area contributed by atoms with Gasteiger partial charge in [-0.1, -0.05) is 19.9 Å². The van der Waals surface area contributed by atoms with Gasteiger partial charge >= 0.3 is 0 Å². The molecule has 6 heteroatoms. The van der Waals surface area contributed by atoms with Gasteiger partial charge in [-0.3, -0.25) is 4.79 Å². The minimum absolute atomic E-state index is 0.0487. The molecule has 0 atom stereocenters. The summed E-state index contributed by atoms with van der Waals surface area (Å²) < 4.78 is 27.6. The highest BCUT2D eigenvalue weighted by atomic mass is 32.2. The van der Waals surface area contributed by atoms with Crippen LogP contribution >= 0.6 is 0 Å². The Morgan fingerprint density at radius 3 is 2.18 bits per heavy atom. The summed E-state index contributed by atoms with van der Waals surface area (Å²) in [5, 5.41) is 0. The molecular formula is C22H34N2O3S. The van der Waals surface area contributed by atoms with Crippen molar-refractivity contribution in [1.82, 2.24) is 9.21 Å². The second-order valence-electron chi connectivity index (χ2n) is 8.37. The van der Waals surface area contributed by atoms with Crippen LogP contribution in [-0.4, -0.2) is 48.7 Å². The smallest absolute Gasteiger partial charge is 0.243 e. The molecule has 1 saturated carbocycles. The number of amides is 1. The SMILES string of the molecule is CCC(CC)N(C(=O)C1CCN(S(=O)(=O)c2ccc(C)c(C)c2)CC1)C1CC1. The highest BCUT2D eigenvalue weighted by Gasteiger charge is 2.40. The molecule has 28 heavy (non-hydrogen) atoms. The molecule has 1 aromatic carbocycles. The van der Waals surface area contributed by atoms with Crippen LogP contribution in [0.5, 0.6) is 0 Å². The Hall–Kier alpha value is -1.40. The third-order valence-corrected chi connectivity index (χ3v) is 8.34. The summed E-state index contributed by atoms with van der Waals surface area (Å²) in [6, 6.07) is 6.04. The Morgan fingerprint density at radius 2 is 1.68 bits per heavy atom. The molecule has 2 aliphatic rings. The number of carbonyl (C=O) groups is 1. The van der Waals surface area contributed by atoms with Crippen LogP contribution in [0.4, 0.5) is 0 Å². The van der Waals surface area contributed by atoms with Gasteiger partial charge in [0, 0.05) is 31.1 Å². The van der Waals surface area contributed by atoms with Gasteiger partial charge in [-0.2, -0.15) is 4.31 Å². The molecule has 0 spiro atoms. The van der Waals surface area contributed by atoms with Gasteiger partial charge in [0.2, 0.25) is 15.9 Å². The number of nitrogens with zero attached hydrogens (tertiary/aromatic N) is 2. The van der Waals surface area contributed by atoms with Crippen molar-refractivity contribution in [3.05, 3.63) is 29.3 Å². The molecular weight excluding hydrogens is 372 g/mol. The molecule has 0 aromatic heterocycles.